The number of pyridine rings is 1. The van der Waals surface area contributed by atoms with Gasteiger partial charge in [0, 0.05) is 33.2 Å². The quantitative estimate of drug-likeness (QED) is 0.911. The standard InChI is InChI=1S/C19H28N4O2/c1-20-18(24)16-9-6-10-17(21-16)23-13-7-8-15(14-23)19(25)22-11-4-2-3-5-12-22/h6,9-10,15H,2-5,7-8,11-14H2,1H3,(H,20,24)/t15-/m1/s1. The van der Waals surface area contributed by atoms with Crippen molar-refractivity contribution in [1.29, 1.82) is 0 Å². The Morgan fingerprint density at radius 2 is 1.84 bits per heavy atom. The average Bonchev–Trinajstić information content (AvgIpc) is 2.96. The predicted octanol–water partition coefficient (Wildman–Crippen LogP) is 2.06. The van der Waals surface area contributed by atoms with Gasteiger partial charge in [0.2, 0.25) is 5.91 Å². The minimum Gasteiger partial charge on any atom is -0.356 e. The van der Waals surface area contributed by atoms with Crippen LogP contribution in [0.15, 0.2) is 18.2 Å². The molecule has 2 amide bonds. The second-order valence-corrected chi connectivity index (χ2v) is 6.98. The van der Waals surface area contributed by atoms with Crippen molar-refractivity contribution in [2.45, 2.75) is 38.5 Å². The highest BCUT2D eigenvalue weighted by Crippen LogP contribution is 2.24. The van der Waals surface area contributed by atoms with E-state index < -0.39 is 0 Å². The van der Waals surface area contributed by atoms with E-state index in [4.69, 9.17) is 0 Å². The van der Waals surface area contributed by atoms with Gasteiger partial charge in [-0.05, 0) is 37.8 Å². The van der Waals surface area contributed by atoms with Crippen molar-refractivity contribution in [2.75, 3.05) is 38.1 Å². The molecule has 6 heteroatoms. The second-order valence-electron chi connectivity index (χ2n) is 6.98. The van der Waals surface area contributed by atoms with Crippen molar-refractivity contribution in [3.05, 3.63) is 23.9 Å². The van der Waals surface area contributed by atoms with Crippen LogP contribution in [0.4, 0.5) is 5.82 Å². The molecule has 2 aliphatic rings. The number of likely N-dealkylation sites (tertiary alicyclic amines) is 1. The van der Waals surface area contributed by atoms with E-state index in [1.807, 2.05) is 12.1 Å². The fourth-order valence-corrected chi connectivity index (χ4v) is 3.79. The lowest BCUT2D eigenvalue weighted by Gasteiger charge is -2.35. The van der Waals surface area contributed by atoms with E-state index in [-0.39, 0.29) is 11.8 Å². The fraction of sp³-hybridized carbons (Fsp3) is 0.632. The van der Waals surface area contributed by atoms with E-state index in [9.17, 15) is 9.59 Å². The van der Waals surface area contributed by atoms with Crippen molar-refractivity contribution in [3.8, 4) is 0 Å². The van der Waals surface area contributed by atoms with E-state index in [2.05, 4.69) is 20.1 Å². The molecule has 0 aromatic carbocycles. The van der Waals surface area contributed by atoms with Crippen molar-refractivity contribution in [2.24, 2.45) is 5.92 Å². The number of carbonyl (C=O) groups excluding carboxylic acids is 2. The summed E-state index contributed by atoms with van der Waals surface area (Å²) in [5.74, 6) is 0.942. The van der Waals surface area contributed by atoms with Crippen LogP contribution in [-0.2, 0) is 4.79 Å². The fourth-order valence-electron chi connectivity index (χ4n) is 3.79. The number of anilines is 1. The van der Waals surface area contributed by atoms with E-state index >= 15 is 0 Å². The summed E-state index contributed by atoms with van der Waals surface area (Å²) in [5.41, 5.74) is 0.418. The molecule has 0 bridgehead atoms. The maximum absolute atomic E-state index is 12.9. The monoisotopic (exact) mass is 344 g/mol. The lowest BCUT2D eigenvalue weighted by atomic mass is 9.96. The maximum Gasteiger partial charge on any atom is 0.269 e. The molecule has 25 heavy (non-hydrogen) atoms. The van der Waals surface area contributed by atoms with Gasteiger partial charge in [-0.15, -0.1) is 0 Å². The SMILES string of the molecule is CNC(=O)c1cccc(N2CCC[C@@H](C(=O)N3CCCCCC3)C2)n1. The number of hydrogen-bond donors (Lipinski definition) is 1. The van der Waals surface area contributed by atoms with Crippen molar-refractivity contribution in [3.63, 3.8) is 0 Å². The lowest BCUT2D eigenvalue weighted by Crippen LogP contribution is -2.45. The molecule has 3 rings (SSSR count). The van der Waals surface area contributed by atoms with Gasteiger partial charge < -0.3 is 15.1 Å². The van der Waals surface area contributed by atoms with Crippen LogP contribution in [0, 0.1) is 5.92 Å². The number of rotatable bonds is 3. The molecule has 0 spiro atoms. The second kappa shape index (κ2) is 8.32. The molecule has 2 fully saturated rings. The highest BCUT2D eigenvalue weighted by Gasteiger charge is 2.30. The number of piperidine rings is 1. The number of carbonyl (C=O) groups is 2. The molecule has 1 aromatic heterocycles. The number of nitrogens with zero attached hydrogens (tertiary/aromatic N) is 3. The predicted molar refractivity (Wildman–Crippen MR) is 97.6 cm³/mol. The third kappa shape index (κ3) is 4.30. The summed E-state index contributed by atoms with van der Waals surface area (Å²) < 4.78 is 0. The van der Waals surface area contributed by atoms with Gasteiger partial charge in [-0.3, -0.25) is 9.59 Å². The van der Waals surface area contributed by atoms with Gasteiger partial charge in [0.1, 0.15) is 11.5 Å². The smallest absolute Gasteiger partial charge is 0.269 e. The number of amides is 2. The molecule has 3 heterocycles. The van der Waals surface area contributed by atoms with Gasteiger partial charge in [0.15, 0.2) is 0 Å². The Hall–Kier alpha value is -2.11. The van der Waals surface area contributed by atoms with Crippen molar-refractivity contribution in [1.82, 2.24) is 15.2 Å². The van der Waals surface area contributed by atoms with Gasteiger partial charge in [0.05, 0.1) is 5.92 Å². The molecular formula is C19H28N4O2. The first-order valence-corrected chi connectivity index (χ1v) is 9.42. The molecular weight excluding hydrogens is 316 g/mol. The van der Waals surface area contributed by atoms with Gasteiger partial charge in [0.25, 0.3) is 5.91 Å². The highest BCUT2D eigenvalue weighted by molar-refractivity contribution is 5.92. The Morgan fingerprint density at radius 1 is 1.08 bits per heavy atom. The summed E-state index contributed by atoms with van der Waals surface area (Å²) in [6.45, 7) is 3.38. The zero-order valence-electron chi connectivity index (χ0n) is 15.0. The summed E-state index contributed by atoms with van der Waals surface area (Å²) in [6, 6.07) is 5.49. The lowest BCUT2D eigenvalue weighted by molar-refractivity contribution is -0.135. The molecule has 1 atom stereocenters. The first-order valence-electron chi connectivity index (χ1n) is 9.42. The largest absolute Gasteiger partial charge is 0.356 e. The Kier molecular flexibility index (Phi) is 5.89. The summed E-state index contributed by atoms with van der Waals surface area (Å²) in [7, 11) is 1.60. The van der Waals surface area contributed by atoms with Gasteiger partial charge in [-0.25, -0.2) is 4.98 Å². The normalized spacial score (nSPS) is 21.6. The number of hydrogen-bond acceptors (Lipinski definition) is 4. The molecule has 0 saturated carbocycles. The molecule has 136 valence electrons. The average molecular weight is 344 g/mol. The van der Waals surface area contributed by atoms with E-state index in [1.165, 1.54) is 12.8 Å². The summed E-state index contributed by atoms with van der Waals surface area (Å²) in [4.78, 5) is 33.4. The summed E-state index contributed by atoms with van der Waals surface area (Å²) >= 11 is 0. The third-order valence-electron chi connectivity index (χ3n) is 5.21. The molecule has 2 saturated heterocycles. The Labute approximate surface area is 149 Å². The highest BCUT2D eigenvalue weighted by atomic mass is 16.2. The minimum absolute atomic E-state index is 0.0392. The maximum atomic E-state index is 12.9. The Morgan fingerprint density at radius 3 is 2.56 bits per heavy atom. The van der Waals surface area contributed by atoms with Crippen LogP contribution in [0.5, 0.6) is 0 Å². The van der Waals surface area contributed by atoms with Gasteiger partial charge >= 0.3 is 0 Å². The van der Waals surface area contributed by atoms with E-state index in [0.717, 1.165) is 51.1 Å². The summed E-state index contributed by atoms with van der Waals surface area (Å²) in [5, 5.41) is 2.61. The molecule has 1 N–H and O–H groups in total. The van der Waals surface area contributed by atoms with Crippen LogP contribution in [-0.4, -0.2) is 54.9 Å². The van der Waals surface area contributed by atoms with Crippen molar-refractivity contribution < 1.29 is 9.59 Å². The molecule has 0 radical (unpaired) electrons. The zero-order valence-corrected chi connectivity index (χ0v) is 15.0. The van der Waals surface area contributed by atoms with Crippen LogP contribution in [0.25, 0.3) is 0 Å². The first kappa shape index (κ1) is 17.7. The third-order valence-corrected chi connectivity index (χ3v) is 5.21. The molecule has 2 aliphatic heterocycles. The first-order chi connectivity index (χ1) is 12.2. The van der Waals surface area contributed by atoms with Crippen LogP contribution < -0.4 is 10.2 Å². The van der Waals surface area contributed by atoms with E-state index in [1.54, 1.807) is 13.1 Å². The Balaban J connectivity index is 1.68. The zero-order chi connectivity index (χ0) is 17.6. The summed E-state index contributed by atoms with van der Waals surface area (Å²) in [6.07, 6.45) is 6.64. The topological polar surface area (TPSA) is 65.5 Å². The minimum atomic E-state index is -0.184. The van der Waals surface area contributed by atoms with Crippen LogP contribution in [0.1, 0.15) is 49.0 Å². The van der Waals surface area contributed by atoms with Crippen LogP contribution in [0.2, 0.25) is 0 Å². The van der Waals surface area contributed by atoms with Crippen LogP contribution in [0.3, 0.4) is 0 Å². The molecule has 0 aliphatic carbocycles. The van der Waals surface area contributed by atoms with Gasteiger partial charge in [-0.1, -0.05) is 18.9 Å². The molecule has 0 unspecified atom stereocenters. The van der Waals surface area contributed by atoms with Crippen LogP contribution >= 0.6 is 0 Å². The number of aromatic nitrogens is 1. The Bertz CT molecular complexity index is 611. The van der Waals surface area contributed by atoms with Gasteiger partial charge in [-0.2, -0.15) is 0 Å². The number of nitrogens with one attached hydrogen (secondary N) is 1. The van der Waals surface area contributed by atoms with E-state index in [0.29, 0.717) is 18.1 Å². The molecule has 6 nitrogen and oxygen atoms in total. The molecule has 1 aromatic rings. The van der Waals surface area contributed by atoms with Crippen molar-refractivity contribution >= 4 is 17.6 Å².